The Labute approximate surface area is 126 Å². The molecular weight excluding hydrogens is 291 g/mol. The Bertz CT molecular complexity index is 649. The minimum absolute atomic E-state index is 0.0456. The molecule has 1 atom stereocenters. The molecule has 0 saturated carbocycles. The summed E-state index contributed by atoms with van der Waals surface area (Å²) in [5.41, 5.74) is 1.23. The molecule has 1 aliphatic rings. The Kier molecular flexibility index (Phi) is 4.40. The molecule has 0 radical (unpaired) electrons. The third-order valence-electron chi connectivity index (χ3n) is 3.91. The molecule has 2 aromatic rings. The quantitative estimate of drug-likeness (QED) is 0.884. The second-order valence-electron chi connectivity index (χ2n) is 5.33. The SMILES string of the molecule is Fc1cc(F)c(CN2CCNCC2c2ccncc2)cc1F. The fourth-order valence-corrected chi connectivity index (χ4v) is 2.75. The van der Waals surface area contributed by atoms with Crippen molar-refractivity contribution in [3.8, 4) is 0 Å². The van der Waals surface area contributed by atoms with Gasteiger partial charge in [0.1, 0.15) is 5.82 Å². The zero-order chi connectivity index (χ0) is 15.5. The van der Waals surface area contributed by atoms with Crippen molar-refractivity contribution < 1.29 is 13.2 Å². The van der Waals surface area contributed by atoms with Crippen molar-refractivity contribution in [3.63, 3.8) is 0 Å². The minimum Gasteiger partial charge on any atom is -0.314 e. The molecule has 116 valence electrons. The van der Waals surface area contributed by atoms with Crippen LogP contribution in [-0.4, -0.2) is 29.5 Å². The summed E-state index contributed by atoms with van der Waals surface area (Å²) in [6, 6.07) is 5.41. The predicted molar refractivity (Wildman–Crippen MR) is 76.6 cm³/mol. The first-order chi connectivity index (χ1) is 10.6. The van der Waals surface area contributed by atoms with Crippen molar-refractivity contribution in [2.75, 3.05) is 19.6 Å². The minimum atomic E-state index is -1.16. The Balaban J connectivity index is 1.84. The largest absolute Gasteiger partial charge is 0.314 e. The summed E-state index contributed by atoms with van der Waals surface area (Å²) in [5, 5.41) is 3.29. The molecule has 1 N–H and O–H groups in total. The van der Waals surface area contributed by atoms with E-state index < -0.39 is 17.5 Å². The van der Waals surface area contributed by atoms with Crippen LogP contribution in [-0.2, 0) is 6.54 Å². The van der Waals surface area contributed by atoms with Crippen molar-refractivity contribution in [1.82, 2.24) is 15.2 Å². The normalized spacial score (nSPS) is 19.3. The first-order valence-corrected chi connectivity index (χ1v) is 7.13. The second-order valence-corrected chi connectivity index (χ2v) is 5.33. The molecule has 1 unspecified atom stereocenters. The van der Waals surface area contributed by atoms with Gasteiger partial charge in [0.15, 0.2) is 11.6 Å². The van der Waals surface area contributed by atoms with E-state index >= 15 is 0 Å². The van der Waals surface area contributed by atoms with E-state index in [9.17, 15) is 13.2 Å². The Hall–Kier alpha value is -1.92. The molecule has 0 spiro atoms. The van der Waals surface area contributed by atoms with Gasteiger partial charge in [0.05, 0.1) is 0 Å². The summed E-state index contributed by atoms with van der Waals surface area (Å²) in [4.78, 5) is 6.05. The average Bonchev–Trinajstić information content (AvgIpc) is 2.54. The first-order valence-electron chi connectivity index (χ1n) is 7.13. The molecule has 1 saturated heterocycles. The molecule has 1 aliphatic heterocycles. The van der Waals surface area contributed by atoms with Gasteiger partial charge in [0.25, 0.3) is 0 Å². The fourth-order valence-electron chi connectivity index (χ4n) is 2.75. The molecule has 1 aromatic heterocycles. The maximum absolute atomic E-state index is 13.9. The first kappa shape index (κ1) is 15.0. The lowest BCUT2D eigenvalue weighted by molar-refractivity contribution is 0.151. The number of pyridine rings is 1. The van der Waals surface area contributed by atoms with Gasteiger partial charge in [-0.1, -0.05) is 0 Å². The van der Waals surface area contributed by atoms with Crippen LogP contribution in [0.4, 0.5) is 13.2 Å². The van der Waals surface area contributed by atoms with Crippen molar-refractivity contribution in [2.24, 2.45) is 0 Å². The standard InChI is InChI=1S/C16H16F3N3/c17-13-8-15(19)14(18)7-12(13)10-22-6-5-21-9-16(22)11-1-3-20-4-2-11/h1-4,7-8,16,21H,5-6,9-10H2. The van der Waals surface area contributed by atoms with Crippen LogP contribution in [0.25, 0.3) is 0 Å². The number of nitrogens with zero attached hydrogens (tertiary/aromatic N) is 2. The van der Waals surface area contributed by atoms with Crippen molar-refractivity contribution in [2.45, 2.75) is 12.6 Å². The van der Waals surface area contributed by atoms with Crippen molar-refractivity contribution in [1.29, 1.82) is 0 Å². The summed E-state index contributed by atoms with van der Waals surface area (Å²) in [7, 11) is 0. The van der Waals surface area contributed by atoms with E-state index in [1.54, 1.807) is 12.4 Å². The number of halogens is 3. The highest BCUT2D eigenvalue weighted by Crippen LogP contribution is 2.25. The van der Waals surface area contributed by atoms with Crippen LogP contribution in [0.15, 0.2) is 36.7 Å². The van der Waals surface area contributed by atoms with Crippen LogP contribution in [0.1, 0.15) is 17.2 Å². The van der Waals surface area contributed by atoms with Gasteiger partial charge >= 0.3 is 0 Å². The Morgan fingerprint density at radius 3 is 2.59 bits per heavy atom. The third kappa shape index (κ3) is 3.13. The van der Waals surface area contributed by atoms with Crippen LogP contribution in [0.5, 0.6) is 0 Å². The van der Waals surface area contributed by atoms with Crippen LogP contribution in [0.3, 0.4) is 0 Å². The highest BCUT2D eigenvalue weighted by atomic mass is 19.2. The molecule has 1 fully saturated rings. The molecule has 1 aromatic carbocycles. The van der Waals surface area contributed by atoms with Gasteiger partial charge in [-0.15, -0.1) is 0 Å². The monoisotopic (exact) mass is 307 g/mol. The summed E-state index contributed by atoms with van der Waals surface area (Å²) in [6.45, 7) is 2.42. The van der Waals surface area contributed by atoms with Gasteiger partial charge in [0, 0.05) is 56.2 Å². The summed E-state index contributed by atoms with van der Waals surface area (Å²) >= 11 is 0. The zero-order valence-corrected chi connectivity index (χ0v) is 11.9. The molecule has 0 amide bonds. The summed E-state index contributed by atoms with van der Waals surface area (Å²) in [5.74, 6) is -2.90. The molecule has 0 bridgehead atoms. The van der Waals surface area contributed by atoms with Gasteiger partial charge in [-0.2, -0.15) is 0 Å². The number of rotatable bonds is 3. The lowest BCUT2D eigenvalue weighted by atomic mass is 10.0. The smallest absolute Gasteiger partial charge is 0.161 e. The van der Waals surface area contributed by atoms with Crippen LogP contribution < -0.4 is 5.32 Å². The van der Waals surface area contributed by atoms with Gasteiger partial charge in [0.2, 0.25) is 0 Å². The summed E-state index contributed by atoms with van der Waals surface area (Å²) in [6.07, 6.45) is 3.42. The van der Waals surface area contributed by atoms with Gasteiger partial charge < -0.3 is 5.32 Å². The number of nitrogens with one attached hydrogen (secondary N) is 1. The second kappa shape index (κ2) is 6.46. The molecule has 3 rings (SSSR count). The summed E-state index contributed by atoms with van der Waals surface area (Å²) < 4.78 is 40.2. The van der Waals surface area contributed by atoms with Crippen molar-refractivity contribution >= 4 is 0 Å². The molecule has 3 nitrogen and oxygen atoms in total. The Morgan fingerprint density at radius 2 is 1.82 bits per heavy atom. The van der Waals surface area contributed by atoms with E-state index in [1.807, 2.05) is 12.1 Å². The molecule has 0 aliphatic carbocycles. The van der Waals surface area contributed by atoms with Crippen LogP contribution >= 0.6 is 0 Å². The number of aromatic nitrogens is 1. The zero-order valence-electron chi connectivity index (χ0n) is 11.9. The lowest BCUT2D eigenvalue weighted by Gasteiger charge is -2.36. The van der Waals surface area contributed by atoms with E-state index in [0.29, 0.717) is 12.6 Å². The highest BCUT2D eigenvalue weighted by molar-refractivity contribution is 5.22. The molecular formula is C16H16F3N3. The molecule has 6 heteroatoms. The molecule has 2 heterocycles. The maximum Gasteiger partial charge on any atom is 0.161 e. The van der Waals surface area contributed by atoms with E-state index in [1.165, 1.54) is 0 Å². The average molecular weight is 307 g/mol. The highest BCUT2D eigenvalue weighted by Gasteiger charge is 2.25. The number of piperazine rings is 1. The van der Waals surface area contributed by atoms with Gasteiger partial charge in [-0.05, 0) is 23.8 Å². The maximum atomic E-state index is 13.9. The van der Waals surface area contributed by atoms with Crippen LogP contribution in [0.2, 0.25) is 0 Å². The topological polar surface area (TPSA) is 28.2 Å². The van der Waals surface area contributed by atoms with E-state index in [2.05, 4.69) is 15.2 Å². The third-order valence-corrected chi connectivity index (χ3v) is 3.91. The van der Waals surface area contributed by atoms with E-state index in [0.717, 1.165) is 24.7 Å². The molecule has 22 heavy (non-hydrogen) atoms. The fraction of sp³-hybridized carbons (Fsp3) is 0.312. The number of hydrogen-bond donors (Lipinski definition) is 1. The number of hydrogen-bond acceptors (Lipinski definition) is 3. The van der Waals surface area contributed by atoms with E-state index in [4.69, 9.17) is 0 Å². The van der Waals surface area contributed by atoms with Gasteiger partial charge in [-0.3, -0.25) is 9.88 Å². The lowest BCUT2D eigenvalue weighted by Crippen LogP contribution is -2.45. The predicted octanol–water partition coefficient (Wildman–Crippen LogP) is 2.65. The van der Waals surface area contributed by atoms with Crippen LogP contribution in [0, 0.1) is 17.5 Å². The Morgan fingerprint density at radius 1 is 1.09 bits per heavy atom. The van der Waals surface area contributed by atoms with E-state index in [-0.39, 0.29) is 18.2 Å². The van der Waals surface area contributed by atoms with Crippen molar-refractivity contribution in [3.05, 3.63) is 65.2 Å². The van der Waals surface area contributed by atoms with Gasteiger partial charge in [-0.25, -0.2) is 13.2 Å². The number of benzene rings is 1.